The van der Waals surface area contributed by atoms with Gasteiger partial charge in [-0.05, 0) is 29.9 Å². The molecule has 0 spiro atoms. The zero-order valence-electron chi connectivity index (χ0n) is 17.1. The summed E-state index contributed by atoms with van der Waals surface area (Å²) >= 11 is 0. The highest BCUT2D eigenvalue weighted by atomic mass is 16.6. The van der Waals surface area contributed by atoms with Crippen LogP contribution in [0.1, 0.15) is 37.8 Å². The Morgan fingerprint density at radius 2 is 1.46 bits per heavy atom. The Bertz CT molecular complexity index is 668. The predicted octanol–water partition coefficient (Wildman–Crippen LogP) is 4.95. The monoisotopic (exact) mass is 380 g/mol. The molecule has 2 aromatic carbocycles. The van der Waals surface area contributed by atoms with Gasteiger partial charge in [0, 0.05) is 32.2 Å². The maximum atomic E-state index is 12.3. The van der Waals surface area contributed by atoms with Gasteiger partial charge in [0.15, 0.2) is 0 Å². The maximum absolute atomic E-state index is 12.3. The fourth-order valence-corrected chi connectivity index (χ4v) is 3.69. The van der Waals surface area contributed by atoms with E-state index in [1.165, 1.54) is 11.1 Å². The minimum absolute atomic E-state index is 0.162. The first kappa shape index (κ1) is 20.4. The summed E-state index contributed by atoms with van der Waals surface area (Å²) in [7, 11) is 0. The molecule has 1 amide bonds. The number of ether oxygens (including phenoxy) is 1. The van der Waals surface area contributed by atoms with Crippen LogP contribution in [-0.4, -0.2) is 41.6 Å². The summed E-state index contributed by atoms with van der Waals surface area (Å²) in [6, 6.07) is 21.8. The summed E-state index contributed by atoms with van der Waals surface area (Å²) in [4.78, 5) is 16.7. The Balaban J connectivity index is 1.61. The third kappa shape index (κ3) is 6.10. The van der Waals surface area contributed by atoms with Crippen LogP contribution in [0, 0.1) is 5.92 Å². The van der Waals surface area contributed by atoms with Crippen LogP contribution < -0.4 is 0 Å². The van der Waals surface area contributed by atoms with Gasteiger partial charge in [-0.25, -0.2) is 4.79 Å². The Hall–Kier alpha value is -2.33. The quantitative estimate of drug-likeness (QED) is 0.682. The van der Waals surface area contributed by atoms with E-state index >= 15 is 0 Å². The summed E-state index contributed by atoms with van der Waals surface area (Å²) in [6.45, 7) is 8.00. The SMILES string of the molecule is CC(C)COC(=O)N1CCC(N(Cc2ccccc2)Cc2ccccc2)CC1. The molecule has 2 aromatic rings. The van der Waals surface area contributed by atoms with Crippen LogP contribution >= 0.6 is 0 Å². The van der Waals surface area contributed by atoms with E-state index in [9.17, 15) is 4.79 Å². The topological polar surface area (TPSA) is 32.8 Å². The zero-order valence-corrected chi connectivity index (χ0v) is 17.1. The number of amides is 1. The molecule has 0 aromatic heterocycles. The normalized spacial score (nSPS) is 15.2. The van der Waals surface area contributed by atoms with Crippen LogP contribution in [0.15, 0.2) is 60.7 Å². The van der Waals surface area contributed by atoms with Crippen LogP contribution in [-0.2, 0) is 17.8 Å². The lowest BCUT2D eigenvalue weighted by Crippen LogP contribution is -2.46. The number of carbonyl (C=O) groups is 1. The minimum atomic E-state index is -0.162. The van der Waals surface area contributed by atoms with Gasteiger partial charge < -0.3 is 9.64 Å². The van der Waals surface area contributed by atoms with Gasteiger partial charge in [0.05, 0.1) is 6.61 Å². The van der Waals surface area contributed by atoms with Crippen molar-refractivity contribution in [2.45, 2.75) is 45.8 Å². The van der Waals surface area contributed by atoms with E-state index in [-0.39, 0.29) is 6.09 Å². The number of benzene rings is 2. The first-order chi connectivity index (χ1) is 13.6. The van der Waals surface area contributed by atoms with Gasteiger partial charge in [0.25, 0.3) is 0 Å². The van der Waals surface area contributed by atoms with E-state index in [2.05, 4.69) is 79.4 Å². The zero-order chi connectivity index (χ0) is 19.8. The van der Waals surface area contributed by atoms with Crippen LogP contribution in [0.3, 0.4) is 0 Å². The highest BCUT2D eigenvalue weighted by molar-refractivity contribution is 5.67. The first-order valence-electron chi connectivity index (χ1n) is 10.4. The molecule has 0 aliphatic carbocycles. The van der Waals surface area contributed by atoms with Crippen molar-refractivity contribution in [1.29, 1.82) is 0 Å². The molecule has 0 unspecified atom stereocenters. The van der Waals surface area contributed by atoms with Gasteiger partial charge in [0.2, 0.25) is 0 Å². The Morgan fingerprint density at radius 3 is 1.93 bits per heavy atom. The molecule has 4 nitrogen and oxygen atoms in total. The van der Waals surface area contributed by atoms with Crippen molar-refractivity contribution in [2.24, 2.45) is 5.92 Å². The van der Waals surface area contributed by atoms with E-state index in [1.807, 2.05) is 4.90 Å². The second-order valence-electron chi connectivity index (χ2n) is 8.07. The minimum Gasteiger partial charge on any atom is -0.449 e. The molecule has 0 saturated carbocycles. The average molecular weight is 381 g/mol. The fraction of sp³-hybridized carbons (Fsp3) is 0.458. The number of rotatable bonds is 7. The van der Waals surface area contributed by atoms with Crippen LogP contribution in [0.5, 0.6) is 0 Å². The van der Waals surface area contributed by atoms with Crippen molar-refractivity contribution in [2.75, 3.05) is 19.7 Å². The number of carbonyl (C=O) groups excluding carboxylic acids is 1. The van der Waals surface area contributed by atoms with Gasteiger partial charge in [-0.15, -0.1) is 0 Å². The third-order valence-electron chi connectivity index (χ3n) is 5.24. The van der Waals surface area contributed by atoms with Crippen molar-refractivity contribution in [3.05, 3.63) is 71.8 Å². The number of piperidine rings is 1. The number of hydrogen-bond acceptors (Lipinski definition) is 3. The molecule has 3 rings (SSSR count). The largest absolute Gasteiger partial charge is 0.449 e. The van der Waals surface area contributed by atoms with Gasteiger partial charge in [-0.3, -0.25) is 4.90 Å². The Labute approximate surface area is 169 Å². The summed E-state index contributed by atoms with van der Waals surface area (Å²) in [5, 5.41) is 0. The molecule has 1 fully saturated rings. The summed E-state index contributed by atoms with van der Waals surface area (Å²) < 4.78 is 5.40. The van der Waals surface area contributed by atoms with E-state index in [4.69, 9.17) is 4.74 Å². The fourth-order valence-electron chi connectivity index (χ4n) is 3.69. The number of hydrogen-bond donors (Lipinski definition) is 0. The van der Waals surface area contributed by atoms with E-state index in [0.29, 0.717) is 18.6 Å². The van der Waals surface area contributed by atoms with Crippen molar-refractivity contribution in [3.63, 3.8) is 0 Å². The van der Waals surface area contributed by atoms with Crippen LogP contribution in [0.4, 0.5) is 4.79 Å². The highest BCUT2D eigenvalue weighted by Gasteiger charge is 2.28. The maximum Gasteiger partial charge on any atom is 0.409 e. The molecule has 1 saturated heterocycles. The van der Waals surface area contributed by atoms with Crippen molar-refractivity contribution in [1.82, 2.24) is 9.80 Å². The van der Waals surface area contributed by atoms with Crippen molar-refractivity contribution >= 4 is 6.09 Å². The number of likely N-dealkylation sites (tertiary alicyclic amines) is 1. The molecule has 4 heteroatoms. The van der Waals surface area contributed by atoms with E-state index < -0.39 is 0 Å². The molecule has 0 radical (unpaired) electrons. The molecule has 28 heavy (non-hydrogen) atoms. The summed E-state index contributed by atoms with van der Waals surface area (Å²) in [5.74, 6) is 0.369. The summed E-state index contributed by atoms with van der Waals surface area (Å²) in [6.07, 6.45) is 1.80. The van der Waals surface area contributed by atoms with Gasteiger partial charge >= 0.3 is 6.09 Å². The molecule has 1 heterocycles. The van der Waals surface area contributed by atoms with Gasteiger partial charge in [-0.1, -0.05) is 74.5 Å². The second-order valence-corrected chi connectivity index (χ2v) is 8.07. The standard InChI is InChI=1S/C24H32N2O2/c1-20(2)19-28-24(27)25-15-13-23(14-16-25)26(17-21-9-5-3-6-10-21)18-22-11-7-4-8-12-22/h3-12,20,23H,13-19H2,1-2H3. The molecule has 0 atom stereocenters. The molecule has 1 aliphatic rings. The second kappa shape index (κ2) is 10.3. The lowest BCUT2D eigenvalue weighted by Gasteiger charge is -2.38. The smallest absolute Gasteiger partial charge is 0.409 e. The molecule has 150 valence electrons. The molecule has 0 bridgehead atoms. The average Bonchev–Trinajstić information content (AvgIpc) is 2.73. The lowest BCUT2D eigenvalue weighted by atomic mass is 10.0. The Morgan fingerprint density at radius 1 is 0.964 bits per heavy atom. The van der Waals surface area contributed by atoms with E-state index in [0.717, 1.165) is 39.0 Å². The van der Waals surface area contributed by atoms with Crippen LogP contribution in [0.2, 0.25) is 0 Å². The first-order valence-corrected chi connectivity index (χ1v) is 10.4. The molecular formula is C24H32N2O2. The lowest BCUT2D eigenvalue weighted by molar-refractivity contribution is 0.0617. The number of nitrogens with zero attached hydrogens (tertiary/aromatic N) is 2. The molecular weight excluding hydrogens is 348 g/mol. The molecule has 1 aliphatic heterocycles. The molecule has 0 N–H and O–H groups in total. The van der Waals surface area contributed by atoms with Gasteiger partial charge in [0.1, 0.15) is 0 Å². The predicted molar refractivity (Wildman–Crippen MR) is 113 cm³/mol. The van der Waals surface area contributed by atoms with Crippen molar-refractivity contribution in [3.8, 4) is 0 Å². The van der Waals surface area contributed by atoms with Crippen molar-refractivity contribution < 1.29 is 9.53 Å². The highest BCUT2D eigenvalue weighted by Crippen LogP contribution is 2.22. The van der Waals surface area contributed by atoms with Crippen LogP contribution in [0.25, 0.3) is 0 Å². The summed E-state index contributed by atoms with van der Waals surface area (Å²) in [5.41, 5.74) is 2.66. The van der Waals surface area contributed by atoms with Gasteiger partial charge in [-0.2, -0.15) is 0 Å². The van der Waals surface area contributed by atoms with E-state index in [1.54, 1.807) is 0 Å². The Kier molecular flexibility index (Phi) is 7.49. The third-order valence-corrected chi connectivity index (χ3v) is 5.24.